The summed E-state index contributed by atoms with van der Waals surface area (Å²) in [6.07, 6.45) is 0. The van der Waals surface area contributed by atoms with Gasteiger partial charge >= 0.3 is 0 Å². The first kappa shape index (κ1) is 18.4. The van der Waals surface area contributed by atoms with Crippen molar-refractivity contribution in [3.8, 4) is 0 Å². The summed E-state index contributed by atoms with van der Waals surface area (Å²) in [5, 5.41) is 3.19. The van der Waals surface area contributed by atoms with Crippen LogP contribution in [0, 0.1) is 6.92 Å². The number of anilines is 2. The Bertz CT molecular complexity index is 915. The normalized spacial score (nSPS) is 11.8. The summed E-state index contributed by atoms with van der Waals surface area (Å²) >= 11 is 7.64. The highest BCUT2D eigenvalue weighted by atomic mass is 35.5. The van der Waals surface area contributed by atoms with Crippen LogP contribution in [-0.2, 0) is 4.79 Å². The van der Waals surface area contributed by atoms with Crippen molar-refractivity contribution < 1.29 is 4.79 Å². The van der Waals surface area contributed by atoms with E-state index in [2.05, 4.69) is 5.32 Å². The van der Waals surface area contributed by atoms with Crippen molar-refractivity contribution in [3.63, 3.8) is 0 Å². The molecule has 0 spiro atoms. The molecule has 3 aromatic carbocycles. The molecule has 1 unspecified atom stereocenters. The molecule has 0 aromatic heterocycles. The van der Waals surface area contributed by atoms with Crippen LogP contribution in [0.3, 0.4) is 0 Å². The molecule has 0 aliphatic heterocycles. The fraction of sp³-hybridized carbons (Fsp3) is 0.0952. The summed E-state index contributed by atoms with van der Waals surface area (Å²) in [5.41, 5.74) is 9.13. The molecular formula is C21H19ClN2OS. The zero-order valence-corrected chi connectivity index (χ0v) is 15.8. The minimum absolute atomic E-state index is 0.108. The van der Waals surface area contributed by atoms with Gasteiger partial charge in [0.25, 0.3) is 0 Å². The van der Waals surface area contributed by atoms with Gasteiger partial charge in [-0.05, 0) is 48.4 Å². The quantitative estimate of drug-likeness (QED) is 0.439. The number of nitrogens with one attached hydrogen (secondary N) is 1. The standard InChI is InChI=1S/C21H19ClN2OS/c1-14-10-11-17(13-19(14)22)24-21(25)20(15-6-3-2-4-7-15)26-18-9-5-8-16(23)12-18/h2-13,20H,23H2,1H3,(H,24,25). The lowest BCUT2D eigenvalue weighted by Gasteiger charge is -2.17. The molecule has 3 nitrogen and oxygen atoms in total. The van der Waals surface area contributed by atoms with E-state index in [0.717, 1.165) is 16.0 Å². The lowest BCUT2D eigenvalue weighted by atomic mass is 10.1. The highest BCUT2D eigenvalue weighted by Crippen LogP contribution is 2.37. The number of thioether (sulfide) groups is 1. The second kappa shape index (κ2) is 8.30. The monoisotopic (exact) mass is 382 g/mol. The van der Waals surface area contributed by atoms with Gasteiger partial charge in [-0.15, -0.1) is 11.8 Å². The number of carbonyl (C=O) groups is 1. The second-order valence-corrected chi connectivity index (χ2v) is 7.52. The van der Waals surface area contributed by atoms with Gasteiger partial charge in [0.15, 0.2) is 0 Å². The molecule has 0 aliphatic rings. The van der Waals surface area contributed by atoms with E-state index in [1.165, 1.54) is 11.8 Å². The van der Waals surface area contributed by atoms with Crippen molar-refractivity contribution >= 4 is 40.6 Å². The number of halogens is 1. The molecule has 26 heavy (non-hydrogen) atoms. The maximum absolute atomic E-state index is 13.0. The van der Waals surface area contributed by atoms with E-state index >= 15 is 0 Å². The van der Waals surface area contributed by atoms with Crippen molar-refractivity contribution in [2.24, 2.45) is 0 Å². The zero-order chi connectivity index (χ0) is 18.5. The lowest BCUT2D eigenvalue weighted by molar-refractivity contribution is -0.115. The molecular weight excluding hydrogens is 364 g/mol. The Balaban J connectivity index is 1.87. The van der Waals surface area contributed by atoms with Crippen LogP contribution in [0.15, 0.2) is 77.7 Å². The van der Waals surface area contributed by atoms with Gasteiger partial charge in [-0.2, -0.15) is 0 Å². The molecule has 0 heterocycles. The van der Waals surface area contributed by atoms with Crippen LogP contribution < -0.4 is 11.1 Å². The average molecular weight is 383 g/mol. The molecule has 0 saturated heterocycles. The van der Waals surface area contributed by atoms with Gasteiger partial charge in [0, 0.05) is 21.3 Å². The Hall–Kier alpha value is -2.43. The first-order chi connectivity index (χ1) is 12.5. The average Bonchev–Trinajstić information content (AvgIpc) is 2.63. The van der Waals surface area contributed by atoms with Crippen molar-refractivity contribution in [2.75, 3.05) is 11.1 Å². The third-order valence-corrected chi connectivity index (χ3v) is 5.55. The molecule has 1 atom stereocenters. The first-order valence-corrected chi connectivity index (χ1v) is 9.43. The van der Waals surface area contributed by atoms with Gasteiger partial charge in [0.2, 0.25) is 5.91 Å². The minimum atomic E-state index is -0.405. The van der Waals surface area contributed by atoms with E-state index in [-0.39, 0.29) is 5.91 Å². The first-order valence-electron chi connectivity index (χ1n) is 8.17. The summed E-state index contributed by atoms with van der Waals surface area (Å²) in [6, 6.07) is 22.7. The van der Waals surface area contributed by atoms with E-state index in [1.54, 1.807) is 6.07 Å². The number of rotatable bonds is 5. The molecule has 0 saturated carbocycles. The Morgan fingerprint density at radius 2 is 1.81 bits per heavy atom. The molecule has 3 rings (SSSR count). The van der Waals surface area contributed by atoms with E-state index < -0.39 is 5.25 Å². The van der Waals surface area contributed by atoms with Crippen LogP contribution in [0.5, 0.6) is 0 Å². The number of hydrogen-bond donors (Lipinski definition) is 2. The van der Waals surface area contributed by atoms with Gasteiger partial charge in [-0.1, -0.05) is 54.1 Å². The van der Waals surface area contributed by atoms with E-state index in [0.29, 0.717) is 16.4 Å². The molecule has 3 aromatic rings. The molecule has 1 amide bonds. The predicted molar refractivity (Wildman–Crippen MR) is 111 cm³/mol. The maximum atomic E-state index is 13.0. The summed E-state index contributed by atoms with van der Waals surface area (Å²) in [7, 11) is 0. The van der Waals surface area contributed by atoms with Crippen molar-refractivity contribution in [2.45, 2.75) is 17.1 Å². The third kappa shape index (κ3) is 4.59. The van der Waals surface area contributed by atoms with Gasteiger partial charge in [0.05, 0.1) is 0 Å². The van der Waals surface area contributed by atoms with Crippen LogP contribution in [-0.4, -0.2) is 5.91 Å². The van der Waals surface area contributed by atoms with Crippen LogP contribution in [0.25, 0.3) is 0 Å². The van der Waals surface area contributed by atoms with E-state index in [4.69, 9.17) is 17.3 Å². The Morgan fingerprint density at radius 1 is 1.04 bits per heavy atom. The Kier molecular flexibility index (Phi) is 5.86. The zero-order valence-electron chi connectivity index (χ0n) is 14.3. The molecule has 0 fully saturated rings. The number of nitrogen functional groups attached to an aromatic ring is 1. The van der Waals surface area contributed by atoms with Gasteiger partial charge < -0.3 is 11.1 Å². The topological polar surface area (TPSA) is 55.1 Å². The van der Waals surface area contributed by atoms with Crippen molar-refractivity contribution in [3.05, 3.63) is 88.9 Å². The number of benzene rings is 3. The van der Waals surface area contributed by atoms with Crippen molar-refractivity contribution in [1.82, 2.24) is 0 Å². The number of carbonyl (C=O) groups excluding carboxylic acids is 1. The van der Waals surface area contributed by atoms with Crippen LogP contribution in [0.4, 0.5) is 11.4 Å². The minimum Gasteiger partial charge on any atom is -0.399 e. The Morgan fingerprint density at radius 3 is 2.50 bits per heavy atom. The fourth-order valence-electron chi connectivity index (χ4n) is 2.50. The predicted octanol–water partition coefficient (Wildman–Crippen LogP) is 5.70. The summed E-state index contributed by atoms with van der Waals surface area (Å²) in [4.78, 5) is 13.9. The molecule has 132 valence electrons. The summed E-state index contributed by atoms with van der Waals surface area (Å²) in [5.74, 6) is -0.108. The number of nitrogens with two attached hydrogens (primary N) is 1. The molecule has 0 aliphatic carbocycles. The summed E-state index contributed by atoms with van der Waals surface area (Å²) in [6.45, 7) is 1.93. The number of amides is 1. The van der Waals surface area contributed by atoms with Crippen LogP contribution in [0.2, 0.25) is 5.02 Å². The fourth-order valence-corrected chi connectivity index (χ4v) is 3.78. The molecule has 0 bridgehead atoms. The largest absolute Gasteiger partial charge is 0.399 e. The van der Waals surface area contributed by atoms with Gasteiger partial charge in [0.1, 0.15) is 5.25 Å². The molecule has 5 heteroatoms. The smallest absolute Gasteiger partial charge is 0.242 e. The second-order valence-electron chi connectivity index (χ2n) is 5.93. The summed E-state index contributed by atoms with van der Waals surface area (Å²) < 4.78 is 0. The lowest BCUT2D eigenvalue weighted by Crippen LogP contribution is -2.19. The SMILES string of the molecule is Cc1ccc(NC(=O)C(Sc2cccc(N)c2)c2ccccc2)cc1Cl. The molecule has 3 N–H and O–H groups in total. The number of aryl methyl sites for hydroxylation is 1. The highest BCUT2D eigenvalue weighted by molar-refractivity contribution is 8.00. The third-order valence-electron chi connectivity index (χ3n) is 3.89. The van der Waals surface area contributed by atoms with E-state index in [9.17, 15) is 4.79 Å². The highest BCUT2D eigenvalue weighted by Gasteiger charge is 2.22. The Labute approximate surface area is 162 Å². The van der Waals surface area contributed by atoms with Gasteiger partial charge in [-0.25, -0.2) is 0 Å². The van der Waals surface area contributed by atoms with Crippen LogP contribution >= 0.6 is 23.4 Å². The van der Waals surface area contributed by atoms with Crippen LogP contribution in [0.1, 0.15) is 16.4 Å². The molecule has 0 radical (unpaired) electrons. The maximum Gasteiger partial charge on any atom is 0.242 e. The van der Waals surface area contributed by atoms with Gasteiger partial charge in [-0.3, -0.25) is 4.79 Å². The number of hydrogen-bond acceptors (Lipinski definition) is 3. The van der Waals surface area contributed by atoms with E-state index in [1.807, 2.05) is 73.7 Å². The van der Waals surface area contributed by atoms with Crippen molar-refractivity contribution in [1.29, 1.82) is 0 Å².